The van der Waals surface area contributed by atoms with Crippen LogP contribution in [0, 0.1) is 0 Å². The number of hydrogen-bond acceptors (Lipinski definition) is 6. The van der Waals surface area contributed by atoms with Crippen LogP contribution >= 0.6 is 22.7 Å². The van der Waals surface area contributed by atoms with Crippen molar-refractivity contribution in [3.05, 3.63) is 62.3 Å². The number of amides is 2. The second-order valence-electron chi connectivity index (χ2n) is 9.28. The molecule has 0 saturated carbocycles. The lowest BCUT2D eigenvalue weighted by Gasteiger charge is -2.16. The predicted octanol–water partition coefficient (Wildman–Crippen LogP) is 5.89. The summed E-state index contributed by atoms with van der Waals surface area (Å²) in [5.41, 5.74) is 5.30. The topological polar surface area (TPSA) is 79.5 Å². The van der Waals surface area contributed by atoms with Gasteiger partial charge in [-0.25, -0.2) is 9.59 Å². The number of carbonyl (C=O) groups excluding carboxylic acids is 2. The van der Waals surface area contributed by atoms with Crippen molar-refractivity contribution in [3.63, 3.8) is 0 Å². The molecule has 2 aliphatic rings. The number of carbonyl (C=O) groups is 2. The van der Waals surface area contributed by atoms with Crippen molar-refractivity contribution in [2.45, 2.75) is 65.1 Å². The lowest BCUT2D eigenvalue weighted by Crippen LogP contribution is -2.30. The molecule has 35 heavy (non-hydrogen) atoms. The van der Waals surface area contributed by atoms with Crippen molar-refractivity contribution in [1.82, 2.24) is 10.6 Å². The Morgan fingerprint density at radius 3 is 2.63 bits per heavy atom. The molecule has 1 aromatic carbocycles. The van der Waals surface area contributed by atoms with Gasteiger partial charge in [-0.05, 0) is 74.8 Å². The molecule has 8 heteroatoms. The number of fused-ring (bicyclic) bond motifs is 2. The summed E-state index contributed by atoms with van der Waals surface area (Å²) < 4.78 is 5.52. The summed E-state index contributed by atoms with van der Waals surface area (Å²) >= 11 is 3.32. The maximum absolute atomic E-state index is 13.1. The molecular formula is C27H31N3O3S2. The first-order chi connectivity index (χ1) is 17.0. The smallest absolute Gasteiger partial charge is 0.341 e. The highest BCUT2D eigenvalue weighted by Crippen LogP contribution is 2.40. The van der Waals surface area contributed by atoms with E-state index in [1.54, 1.807) is 0 Å². The lowest BCUT2D eigenvalue weighted by atomic mass is 9.95. The molecule has 0 bridgehead atoms. The van der Waals surface area contributed by atoms with Crippen molar-refractivity contribution in [3.8, 4) is 10.4 Å². The number of thiophene rings is 2. The van der Waals surface area contributed by atoms with Gasteiger partial charge in [0.1, 0.15) is 5.00 Å². The van der Waals surface area contributed by atoms with Crippen LogP contribution < -0.4 is 16.0 Å². The van der Waals surface area contributed by atoms with E-state index >= 15 is 0 Å². The minimum atomic E-state index is -0.347. The number of hydrogen-bond donors (Lipinski definition) is 3. The molecule has 0 radical (unpaired) electrons. The number of nitrogens with one attached hydrogen (secondary N) is 3. The van der Waals surface area contributed by atoms with Crippen LogP contribution in [0.5, 0.6) is 0 Å². The molecule has 0 saturated heterocycles. The first-order valence-electron chi connectivity index (χ1n) is 12.3. The van der Waals surface area contributed by atoms with Crippen LogP contribution in [-0.4, -0.2) is 24.6 Å². The first kappa shape index (κ1) is 24.0. The van der Waals surface area contributed by atoms with Crippen LogP contribution in [0.3, 0.4) is 0 Å². The Bertz CT molecular complexity index is 1230. The molecule has 2 aromatic heterocycles. The highest BCUT2D eigenvalue weighted by Gasteiger charge is 2.28. The third-order valence-electron chi connectivity index (χ3n) is 6.44. The number of anilines is 1. The van der Waals surface area contributed by atoms with E-state index in [2.05, 4.69) is 28.1 Å². The van der Waals surface area contributed by atoms with E-state index in [9.17, 15) is 9.59 Å². The van der Waals surface area contributed by atoms with Crippen LogP contribution in [0.25, 0.3) is 10.4 Å². The Morgan fingerprint density at radius 1 is 1.03 bits per heavy atom. The van der Waals surface area contributed by atoms with E-state index < -0.39 is 0 Å². The van der Waals surface area contributed by atoms with Crippen molar-refractivity contribution >= 4 is 39.7 Å². The number of esters is 1. The van der Waals surface area contributed by atoms with E-state index in [1.165, 1.54) is 42.7 Å². The Balaban J connectivity index is 1.37. The van der Waals surface area contributed by atoms with Crippen LogP contribution in [0.4, 0.5) is 9.80 Å². The highest BCUT2D eigenvalue weighted by molar-refractivity contribution is 7.17. The molecule has 1 aliphatic carbocycles. The molecule has 2 amide bonds. The van der Waals surface area contributed by atoms with Gasteiger partial charge in [-0.2, -0.15) is 0 Å². The molecule has 3 aromatic rings. The fourth-order valence-electron chi connectivity index (χ4n) is 4.87. The van der Waals surface area contributed by atoms with Crippen molar-refractivity contribution in [2.75, 3.05) is 11.9 Å². The van der Waals surface area contributed by atoms with Crippen LogP contribution in [0.15, 0.2) is 30.3 Å². The monoisotopic (exact) mass is 509 g/mol. The minimum Gasteiger partial charge on any atom is -0.459 e. The van der Waals surface area contributed by atoms with E-state index in [1.807, 2.05) is 43.4 Å². The molecule has 1 aliphatic heterocycles. The predicted molar refractivity (Wildman–Crippen MR) is 143 cm³/mol. The molecule has 0 atom stereocenters. The second-order valence-corrected chi connectivity index (χ2v) is 11.5. The van der Waals surface area contributed by atoms with Gasteiger partial charge in [0, 0.05) is 27.7 Å². The molecule has 0 spiro atoms. The Hall–Kier alpha value is -2.68. The maximum atomic E-state index is 13.1. The Morgan fingerprint density at radius 2 is 1.83 bits per heavy atom. The summed E-state index contributed by atoms with van der Waals surface area (Å²) in [6, 6.07) is 10.1. The molecule has 3 N–H and O–H groups in total. The molecular weight excluding hydrogens is 478 g/mol. The summed E-state index contributed by atoms with van der Waals surface area (Å²) in [6.07, 6.45) is 4.71. The number of rotatable bonds is 6. The zero-order valence-electron chi connectivity index (χ0n) is 20.2. The third-order valence-corrected chi connectivity index (χ3v) is 8.98. The van der Waals surface area contributed by atoms with Gasteiger partial charge in [0.2, 0.25) is 0 Å². The van der Waals surface area contributed by atoms with Gasteiger partial charge in [0.05, 0.1) is 11.7 Å². The SMILES string of the molecule is CC(C)OC(=O)c1c(NC(=O)NCc2c(-c3ccccc3)sc3c2CCNC3)sc2c1CCCC2. The molecule has 5 rings (SSSR count). The van der Waals surface area contributed by atoms with Crippen molar-refractivity contribution in [2.24, 2.45) is 0 Å². The van der Waals surface area contributed by atoms with E-state index in [0.717, 1.165) is 50.8 Å². The average Bonchev–Trinajstić information content (AvgIpc) is 3.41. The molecule has 0 fully saturated rings. The zero-order valence-corrected chi connectivity index (χ0v) is 21.8. The van der Waals surface area contributed by atoms with Crippen molar-refractivity contribution < 1.29 is 14.3 Å². The molecule has 3 heterocycles. The van der Waals surface area contributed by atoms with E-state index in [0.29, 0.717) is 17.1 Å². The first-order valence-corrected chi connectivity index (χ1v) is 13.9. The fraction of sp³-hybridized carbons (Fsp3) is 0.407. The highest BCUT2D eigenvalue weighted by atomic mass is 32.1. The quantitative estimate of drug-likeness (QED) is 0.362. The van der Waals surface area contributed by atoms with E-state index in [4.69, 9.17) is 4.74 Å². The standard InChI is InChI=1S/C27H31N3O3S2/c1-16(2)33-26(31)23-19-10-6-7-11-21(19)35-25(23)30-27(32)29-14-20-18-12-13-28-15-22(18)34-24(20)17-8-4-3-5-9-17/h3-5,8-9,16,28H,6-7,10-15H2,1-2H3,(H2,29,30,32). The van der Waals surface area contributed by atoms with Gasteiger partial charge in [-0.3, -0.25) is 5.32 Å². The lowest BCUT2D eigenvalue weighted by molar-refractivity contribution is 0.0378. The number of urea groups is 1. The third kappa shape index (κ3) is 5.15. The molecule has 0 unspecified atom stereocenters. The van der Waals surface area contributed by atoms with Gasteiger partial charge in [0.15, 0.2) is 0 Å². The average molecular weight is 510 g/mol. The van der Waals surface area contributed by atoms with Crippen LogP contribution in [0.1, 0.15) is 63.5 Å². The number of aryl methyl sites for hydroxylation is 1. The molecule has 6 nitrogen and oxygen atoms in total. The largest absolute Gasteiger partial charge is 0.459 e. The summed E-state index contributed by atoms with van der Waals surface area (Å²) in [5.74, 6) is -0.347. The zero-order chi connectivity index (χ0) is 24.4. The summed E-state index contributed by atoms with van der Waals surface area (Å²) in [7, 11) is 0. The Kier molecular flexibility index (Phi) is 7.22. The fourth-order valence-corrected chi connectivity index (χ4v) is 7.48. The normalized spacial score (nSPS) is 14.8. The maximum Gasteiger partial charge on any atom is 0.341 e. The summed E-state index contributed by atoms with van der Waals surface area (Å²) in [5, 5.41) is 10.1. The minimum absolute atomic E-state index is 0.209. The molecule has 184 valence electrons. The van der Waals surface area contributed by atoms with Crippen LogP contribution in [-0.2, 0) is 37.1 Å². The van der Waals surface area contributed by atoms with Gasteiger partial charge in [-0.15, -0.1) is 22.7 Å². The van der Waals surface area contributed by atoms with Crippen LogP contribution in [0.2, 0.25) is 0 Å². The summed E-state index contributed by atoms with van der Waals surface area (Å²) in [4.78, 5) is 29.7. The van der Waals surface area contributed by atoms with Gasteiger partial charge in [-0.1, -0.05) is 30.3 Å². The van der Waals surface area contributed by atoms with E-state index in [-0.39, 0.29) is 18.1 Å². The summed E-state index contributed by atoms with van der Waals surface area (Å²) in [6.45, 7) is 5.95. The van der Waals surface area contributed by atoms with Gasteiger partial charge in [0.25, 0.3) is 0 Å². The number of ether oxygens (including phenoxy) is 1. The van der Waals surface area contributed by atoms with Gasteiger partial charge < -0.3 is 15.4 Å². The van der Waals surface area contributed by atoms with Crippen molar-refractivity contribution in [1.29, 1.82) is 0 Å². The second kappa shape index (κ2) is 10.5. The van der Waals surface area contributed by atoms with Gasteiger partial charge >= 0.3 is 12.0 Å². The number of benzene rings is 1. The Labute approximate surface area is 214 Å².